The lowest BCUT2D eigenvalue weighted by molar-refractivity contribution is 0.217. The van der Waals surface area contributed by atoms with Crippen molar-refractivity contribution in [1.82, 2.24) is 9.88 Å². The van der Waals surface area contributed by atoms with Gasteiger partial charge in [-0.25, -0.2) is 4.39 Å². The molecule has 0 aliphatic carbocycles. The fourth-order valence-corrected chi connectivity index (χ4v) is 1.49. The van der Waals surface area contributed by atoms with Crippen molar-refractivity contribution < 1.29 is 4.39 Å². The SMILES string of the molecule is CC(C)N(CCC#N)Cc1cncc(F)c1. The summed E-state index contributed by atoms with van der Waals surface area (Å²) < 4.78 is 12.9. The van der Waals surface area contributed by atoms with Crippen LogP contribution in [-0.4, -0.2) is 22.5 Å². The van der Waals surface area contributed by atoms with Crippen LogP contribution in [0.1, 0.15) is 25.8 Å². The number of aromatic nitrogens is 1. The first-order chi connectivity index (χ1) is 7.63. The maximum Gasteiger partial charge on any atom is 0.141 e. The van der Waals surface area contributed by atoms with E-state index in [1.54, 1.807) is 6.20 Å². The Kier molecular flexibility index (Phi) is 4.87. The summed E-state index contributed by atoms with van der Waals surface area (Å²) >= 11 is 0. The van der Waals surface area contributed by atoms with E-state index in [2.05, 4.69) is 29.8 Å². The number of pyridine rings is 1. The number of hydrogen-bond donors (Lipinski definition) is 0. The minimum atomic E-state index is -0.318. The van der Waals surface area contributed by atoms with Crippen molar-refractivity contribution in [3.8, 4) is 6.07 Å². The van der Waals surface area contributed by atoms with Gasteiger partial charge in [-0.15, -0.1) is 0 Å². The molecule has 16 heavy (non-hydrogen) atoms. The van der Waals surface area contributed by atoms with E-state index in [1.165, 1.54) is 12.3 Å². The Morgan fingerprint density at radius 2 is 2.25 bits per heavy atom. The molecule has 86 valence electrons. The number of nitrogens with zero attached hydrogens (tertiary/aromatic N) is 3. The predicted molar refractivity (Wildman–Crippen MR) is 60.0 cm³/mol. The van der Waals surface area contributed by atoms with Crippen LogP contribution in [0, 0.1) is 17.1 Å². The lowest BCUT2D eigenvalue weighted by atomic mass is 10.2. The van der Waals surface area contributed by atoms with E-state index < -0.39 is 0 Å². The van der Waals surface area contributed by atoms with Gasteiger partial charge in [0, 0.05) is 31.7 Å². The van der Waals surface area contributed by atoms with Crippen molar-refractivity contribution in [2.75, 3.05) is 6.54 Å². The smallest absolute Gasteiger partial charge is 0.141 e. The topological polar surface area (TPSA) is 39.9 Å². The second-order valence-electron chi connectivity index (χ2n) is 3.98. The Morgan fingerprint density at radius 1 is 1.50 bits per heavy atom. The summed E-state index contributed by atoms with van der Waals surface area (Å²) in [4.78, 5) is 5.93. The van der Waals surface area contributed by atoms with Gasteiger partial charge in [0.25, 0.3) is 0 Å². The Labute approximate surface area is 95.5 Å². The third-order valence-corrected chi connectivity index (χ3v) is 2.39. The average molecular weight is 221 g/mol. The molecule has 1 aromatic heterocycles. The monoisotopic (exact) mass is 221 g/mol. The molecule has 0 aliphatic rings. The summed E-state index contributed by atoms with van der Waals surface area (Å²) in [6.07, 6.45) is 3.34. The summed E-state index contributed by atoms with van der Waals surface area (Å²) in [5, 5.41) is 8.56. The standard InChI is InChI=1S/C12H16FN3/c1-10(2)16(5-3-4-14)9-11-6-12(13)8-15-7-11/h6-8,10H,3,5,9H2,1-2H3. The van der Waals surface area contributed by atoms with Crippen LogP contribution in [0.2, 0.25) is 0 Å². The Morgan fingerprint density at radius 3 is 2.81 bits per heavy atom. The minimum absolute atomic E-state index is 0.318. The van der Waals surface area contributed by atoms with Gasteiger partial charge in [-0.05, 0) is 25.5 Å². The fourth-order valence-electron chi connectivity index (χ4n) is 1.49. The van der Waals surface area contributed by atoms with Gasteiger partial charge in [0.05, 0.1) is 12.3 Å². The molecule has 0 bridgehead atoms. The highest BCUT2D eigenvalue weighted by Gasteiger charge is 2.10. The summed E-state index contributed by atoms with van der Waals surface area (Å²) in [7, 11) is 0. The molecule has 0 saturated carbocycles. The molecule has 1 aromatic rings. The van der Waals surface area contributed by atoms with E-state index in [9.17, 15) is 4.39 Å². The van der Waals surface area contributed by atoms with E-state index >= 15 is 0 Å². The molecule has 0 radical (unpaired) electrons. The molecule has 0 unspecified atom stereocenters. The van der Waals surface area contributed by atoms with E-state index in [0.717, 1.165) is 5.56 Å². The van der Waals surface area contributed by atoms with E-state index in [4.69, 9.17) is 5.26 Å². The van der Waals surface area contributed by atoms with E-state index in [0.29, 0.717) is 25.6 Å². The number of hydrogen-bond acceptors (Lipinski definition) is 3. The van der Waals surface area contributed by atoms with Gasteiger partial charge >= 0.3 is 0 Å². The van der Waals surface area contributed by atoms with Gasteiger partial charge in [-0.2, -0.15) is 5.26 Å². The minimum Gasteiger partial charge on any atom is -0.296 e. The largest absolute Gasteiger partial charge is 0.296 e. The molecule has 0 spiro atoms. The highest BCUT2D eigenvalue weighted by molar-refractivity contribution is 5.10. The van der Waals surface area contributed by atoms with Crippen molar-refractivity contribution in [3.05, 3.63) is 29.8 Å². The highest BCUT2D eigenvalue weighted by atomic mass is 19.1. The summed E-state index contributed by atoms with van der Waals surface area (Å²) in [5.41, 5.74) is 0.839. The molecule has 0 amide bonds. The molecule has 0 saturated heterocycles. The zero-order valence-electron chi connectivity index (χ0n) is 9.65. The van der Waals surface area contributed by atoms with Crippen molar-refractivity contribution in [3.63, 3.8) is 0 Å². The average Bonchev–Trinajstić information content (AvgIpc) is 2.24. The molecular weight excluding hydrogens is 205 g/mol. The molecule has 0 fully saturated rings. The fraction of sp³-hybridized carbons (Fsp3) is 0.500. The van der Waals surface area contributed by atoms with Crippen molar-refractivity contribution in [2.45, 2.75) is 32.9 Å². The normalized spacial score (nSPS) is 10.8. The highest BCUT2D eigenvalue weighted by Crippen LogP contribution is 2.09. The van der Waals surface area contributed by atoms with Crippen molar-refractivity contribution in [1.29, 1.82) is 5.26 Å². The molecular formula is C12H16FN3. The maximum absolute atomic E-state index is 12.9. The van der Waals surface area contributed by atoms with Crippen LogP contribution < -0.4 is 0 Å². The summed E-state index contributed by atoms with van der Waals surface area (Å²) in [6.45, 7) is 5.45. The molecule has 1 heterocycles. The molecule has 3 nitrogen and oxygen atoms in total. The van der Waals surface area contributed by atoms with Crippen LogP contribution >= 0.6 is 0 Å². The number of rotatable bonds is 5. The van der Waals surface area contributed by atoms with Gasteiger partial charge in [-0.3, -0.25) is 9.88 Å². The lowest BCUT2D eigenvalue weighted by Gasteiger charge is -2.25. The van der Waals surface area contributed by atoms with Gasteiger partial charge < -0.3 is 0 Å². The van der Waals surface area contributed by atoms with Crippen molar-refractivity contribution in [2.24, 2.45) is 0 Å². The van der Waals surface area contributed by atoms with E-state index in [1.807, 2.05) is 0 Å². The van der Waals surface area contributed by atoms with Gasteiger partial charge in [0.1, 0.15) is 5.82 Å². The van der Waals surface area contributed by atoms with Crippen LogP contribution in [0.25, 0.3) is 0 Å². The lowest BCUT2D eigenvalue weighted by Crippen LogP contribution is -2.31. The number of nitriles is 1. The second kappa shape index (κ2) is 6.19. The van der Waals surface area contributed by atoms with Gasteiger partial charge in [0.15, 0.2) is 0 Å². The third-order valence-electron chi connectivity index (χ3n) is 2.39. The summed E-state index contributed by atoms with van der Waals surface area (Å²) in [6, 6.07) is 3.93. The molecule has 0 atom stereocenters. The van der Waals surface area contributed by atoms with Crippen LogP contribution in [0.5, 0.6) is 0 Å². The van der Waals surface area contributed by atoms with Crippen molar-refractivity contribution >= 4 is 0 Å². The van der Waals surface area contributed by atoms with Crippen LogP contribution in [0.3, 0.4) is 0 Å². The molecule has 1 rings (SSSR count). The van der Waals surface area contributed by atoms with Crippen LogP contribution in [-0.2, 0) is 6.54 Å². The van der Waals surface area contributed by atoms with E-state index in [-0.39, 0.29) is 5.82 Å². The summed E-state index contributed by atoms with van der Waals surface area (Å²) in [5.74, 6) is -0.318. The van der Waals surface area contributed by atoms with Crippen LogP contribution in [0.4, 0.5) is 4.39 Å². The first kappa shape index (κ1) is 12.6. The Bertz CT molecular complexity index is 371. The second-order valence-corrected chi connectivity index (χ2v) is 3.98. The quantitative estimate of drug-likeness (QED) is 0.766. The first-order valence-corrected chi connectivity index (χ1v) is 5.34. The number of halogens is 1. The molecule has 4 heteroatoms. The maximum atomic E-state index is 12.9. The zero-order chi connectivity index (χ0) is 12.0. The van der Waals surface area contributed by atoms with Gasteiger partial charge in [-0.1, -0.05) is 0 Å². The Hall–Kier alpha value is -1.47. The zero-order valence-corrected chi connectivity index (χ0v) is 9.65. The molecule has 0 aromatic carbocycles. The first-order valence-electron chi connectivity index (χ1n) is 5.34. The molecule has 0 N–H and O–H groups in total. The third kappa shape index (κ3) is 3.95. The Balaban J connectivity index is 2.64. The predicted octanol–water partition coefficient (Wildman–Crippen LogP) is 2.34. The van der Waals surface area contributed by atoms with Gasteiger partial charge in [0.2, 0.25) is 0 Å². The molecule has 0 aliphatic heterocycles. The van der Waals surface area contributed by atoms with Crippen LogP contribution in [0.15, 0.2) is 18.5 Å².